The molecule has 5 unspecified atom stereocenters. The number of nitrogens with two attached hydrogens (primary N) is 1. The highest BCUT2D eigenvalue weighted by atomic mass is 19.2. The van der Waals surface area contributed by atoms with E-state index in [-0.39, 0.29) is 6.04 Å². The lowest BCUT2D eigenvalue weighted by atomic mass is 9.93. The third-order valence-electron chi connectivity index (χ3n) is 5.66. The van der Waals surface area contributed by atoms with Crippen LogP contribution in [-0.4, -0.2) is 0 Å². The van der Waals surface area contributed by atoms with Gasteiger partial charge in [-0.15, -0.1) is 0 Å². The summed E-state index contributed by atoms with van der Waals surface area (Å²) in [5.74, 6) is 7.83. The molecule has 3 aliphatic rings. The van der Waals surface area contributed by atoms with E-state index in [4.69, 9.17) is 5.84 Å². The van der Waals surface area contributed by atoms with E-state index in [1.807, 2.05) is 0 Å². The van der Waals surface area contributed by atoms with E-state index in [1.165, 1.54) is 31.4 Å². The topological polar surface area (TPSA) is 38.0 Å². The van der Waals surface area contributed by atoms with Crippen LogP contribution in [0.15, 0.2) is 18.2 Å². The molecule has 3 aliphatic carbocycles. The van der Waals surface area contributed by atoms with E-state index >= 15 is 0 Å². The maximum atomic E-state index is 13.4. The first-order valence-electron chi connectivity index (χ1n) is 7.12. The molecule has 0 aliphatic heterocycles. The quantitative estimate of drug-likeness (QED) is 0.651. The van der Waals surface area contributed by atoms with Crippen molar-refractivity contribution in [3.8, 4) is 0 Å². The molecule has 3 N–H and O–H groups in total. The summed E-state index contributed by atoms with van der Waals surface area (Å²) in [5, 5.41) is 0. The zero-order valence-corrected chi connectivity index (χ0v) is 10.7. The van der Waals surface area contributed by atoms with Crippen molar-refractivity contribution in [3.05, 3.63) is 35.4 Å². The van der Waals surface area contributed by atoms with Crippen LogP contribution in [0.25, 0.3) is 0 Å². The molecule has 4 rings (SSSR count). The fraction of sp³-hybridized carbons (Fsp3) is 0.600. The number of nitrogens with one attached hydrogen (secondary N) is 1. The van der Waals surface area contributed by atoms with E-state index in [0.717, 1.165) is 29.2 Å². The fourth-order valence-electron chi connectivity index (χ4n) is 4.97. The monoisotopic (exact) mass is 264 g/mol. The Morgan fingerprint density at radius 1 is 1.11 bits per heavy atom. The highest BCUT2D eigenvalue weighted by Crippen LogP contribution is 2.72. The van der Waals surface area contributed by atoms with E-state index in [0.29, 0.717) is 5.92 Å². The Balaban J connectivity index is 1.61. The van der Waals surface area contributed by atoms with Crippen LogP contribution in [-0.2, 0) is 0 Å². The fourth-order valence-corrected chi connectivity index (χ4v) is 4.97. The molecule has 0 amide bonds. The lowest BCUT2D eigenvalue weighted by Gasteiger charge is -2.20. The molecule has 0 aromatic heterocycles. The molecule has 2 bridgehead atoms. The summed E-state index contributed by atoms with van der Waals surface area (Å²) < 4.78 is 26.4. The Hall–Kier alpha value is -1.00. The second-order valence-electron chi connectivity index (χ2n) is 6.38. The van der Waals surface area contributed by atoms with Crippen molar-refractivity contribution in [3.63, 3.8) is 0 Å². The van der Waals surface area contributed by atoms with Gasteiger partial charge in [-0.3, -0.25) is 11.3 Å². The lowest BCUT2D eigenvalue weighted by molar-refractivity contribution is 0.372. The summed E-state index contributed by atoms with van der Waals surface area (Å²) >= 11 is 0. The van der Waals surface area contributed by atoms with Crippen LogP contribution in [0.4, 0.5) is 8.78 Å². The Labute approximate surface area is 111 Å². The third-order valence-corrected chi connectivity index (χ3v) is 5.66. The highest BCUT2D eigenvalue weighted by Gasteiger charge is 2.66. The van der Waals surface area contributed by atoms with E-state index in [1.54, 1.807) is 6.07 Å². The molecule has 0 heterocycles. The molecule has 1 aromatic rings. The zero-order chi connectivity index (χ0) is 13.1. The van der Waals surface area contributed by atoms with E-state index in [2.05, 4.69) is 5.43 Å². The van der Waals surface area contributed by atoms with E-state index < -0.39 is 11.6 Å². The smallest absolute Gasteiger partial charge is 0.159 e. The van der Waals surface area contributed by atoms with Crippen molar-refractivity contribution < 1.29 is 8.78 Å². The van der Waals surface area contributed by atoms with Crippen molar-refractivity contribution in [1.82, 2.24) is 5.43 Å². The van der Waals surface area contributed by atoms with Gasteiger partial charge in [-0.2, -0.15) is 0 Å². The van der Waals surface area contributed by atoms with Crippen molar-refractivity contribution in [1.29, 1.82) is 0 Å². The van der Waals surface area contributed by atoms with Gasteiger partial charge in [0.05, 0.1) is 0 Å². The van der Waals surface area contributed by atoms with Crippen molar-refractivity contribution in [2.75, 3.05) is 0 Å². The van der Waals surface area contributed by atoms with Crippen LogP contribution in [0.3, 0.4) is 0 Å². The average Bonchev–Trinajstić information content (AvgIpc) is 2.82. The van der Waals surface area contributed by atoms with Gasteiger partial charge in [0.1, 0.15) is 0 Å². The summed E-state index contributed by atoms with van der Waals surface area (Å²) in [6, 6.07) is 4.10. The molecule has 19 heavy (non-hydrogen) atoms. The number of hydrogen-bond acceptors (Lipinski definition) is 2. The second-order valence-corrected chi connectivity index (χ2v) is 6.38. The summed E-state index contributed by atoms with van der Waals surface area (Å²) in [5.41, 5.74) is 3.61. The molecule has 0 spiro atoms. The predicted octanol–water partition coefficient (Wildman–Crippen LogP) is 2.76. The van der Waals surface area contributed by atoms with Gasteiger partial charge in [0.25, 0.3) is 0 Å². The highest BCUT2D eigenvalue weighted by molar-refractivity contribution is 5.27. The summed E-state index contributed by atoms with van der Waals surface area (Å²) in [7, 11) is 0. The van der Waals surface area contributed by atoms with Gasteiger partial charge in [0.15, 0.2) is 11.6 Å². The number of fused-ring (bicyclic) bond motifs is 5. The van der Waals surface area contributed by atoms with Crippen LogP contribution in [0.5, 0.6) is 0 Å². The van der Waals surface area contributed by atoms with Crippen molar-refractivity contribution in [2.24, 2.45) is 35.4 Å². The zero-order valence-electron chi connectivity index (χ0n) is 10.7. The minimum atomic E-state index is -0.796. The first-order chi connectivity index (χ1) is 9.20. The maximum absolute atomic E-state index is 13.4. The van der Waals surface area contributed by atoms with Crippen LogP contribution >= 0.6 is 0 Å². The molecule has 0 radical (unpaired) electrons. The van der Waals surface area contributed by atoms with Crippen molar-refractivity contribution in [2.45, 2.75) is 25.3 Å². The summed E-state index contributed by atoms with van der Waals surface area (Å²) in [4.78, 5) is 0. The summed E-state index contributed by atoms with van der Waals surface area (Å²) in [6.07, 6.45) is 4.07. The SMILES string of the molecule is NNC(c1ccc(F)c(F)c1)C1C2C3CCC(C3)C21. The van der Waals surface area contributed by atoms with Gasteiger partial charge in [-0.05, 0) is 66.5 Å². The molecule has 4 heteroatoms. The van der Waals surface area contributed by atoms with Gasteiger partial charge >= 0.3 is 0 Å². The van der Waals surface area contributed by atoms with E-state index in [9.17, 15) is 8.78 Å². The molecule has 0 saturated heterocycles. The first kappa shape index (κ1) is 11.8. The lowest BCUT2D eigenvalue weighted by Crippen LogP contribution is -2.31. The Bertz CT molecular complexity index is 503. The second kappa shape index (κ2) is 4.00. The molecule has 2 nitrogen and oxygen atoms in total. The third kappa shape index (κ3) is 1.59. The molecule has 3 fully saturated rings. The molecule has 5 atom stereocenters. The number of hydrogen-bond donors (Lipinski definition) is 2. The van der Waals surface area contributed by atoms with Crippen LogP contribution in [0.2, 0.25) is 0 Å². The normalized spacial score (nSPS) is 40.3. The molecule has 1 aromatic carbocycles. The minimum absolute atomic E-state index is 0.0338. The number of halogens is 2. The maximum Gasteiger partial charge on any atom is 0.159 e. The van der Waals surface area contributed by atoms with Gasteiger partial charge in [0, 0.05) is 6.04 Å². The van der Waals surface area contributed by atoms with Crippen LogP contribution in [0, 0.1) is 41.2 Å². The molecule has 3 saturated carbocycles. The minimum Gasteiger partial charge on any atom is -0.271 e. The molecular formula is C15H18F2N2. The van der Waals surface area contributed by atoms with Gasteiger partial charge < -0.3 is 0 Å². The predicted molar refractivity (Wildman–Crippen MR) is 67.7 cm³/mol. The van der Waals surface area contributed by atoms with Gasteiger partial charge in [0.2, 0.25) is 0 Å². The van der Waals surface area contributed by atoms with Gasteiger partial charge in [-0.25, -0.2) is 8.78 Å². The Morgan fingerprint density at radius 3 is 2.37 bits per heavy atom. The Kier molecular flexibility index (Phi) is 2.48. The number of rotatable bonds is 3. The van der Waals surface area contributed by atoms with Crippen molar-refractivity contribution >= 4 is 0 Å². The average molecular weight is 264 g/mol. The summed E-state index contributed by atoms with van der Waals surface area (Å²) in [6.45, 7) is 0. The largest absolute Gasteiger partial charge is 0.271 e. The standard InChI is InChI=1S/C15H18F2N2/c16-10-4-3-9(6-11(10)17)15(19-18)14-12-7-1-2-8(5-7)13(12)14/h3-4,6-8,12-15,19H,1-2,5,18H2. The van der Waals surface area contributed by atoms with Gasteiger partial charge in [-0.1, -0.05) is 6.07 Å². The van der Waals surface area contributed by atoms with Crippen LogP contribution < -0.4 is 11.3 Å². The number of hydrazine groups is 1. The molecular weight excluding hydrogens is 246 g/mol. The molecule has 102 valence electrons. The first-order valence-corrected chi connectivity index (χ1v) is 7.12. The Morgan fingerprint density at radius 2 is 1.79 bits per heavy atom. The number of benzene rings is 1. The van der Waals surface area contributed by atoms with Crippen LogP contribution in [0.1, 0.15) is 30.9 Å².